The lowest BCUT2D eigenvalue weighted by atomic mass is 10.0. The van der Waals surface area contributed by atoms with E-state index in [0.29, 0.717) is 17.8 Å². The summed E-state index contributed by atoms with van der Waals surface area (Å²) >= 11 is 0.786. The maximum absolute atomic E-state index is 12.7. The molecule has 3 aromatic heterocycles. The number of rotatable bonds is 5. The number of halogens is 3. The quantitative estimate of drug-likeness (QED) is 0.619. The Labute approximate surface area is 165 Å². The van der Waals surface area contributed by atoms with Gasteiger partial charge in [0, 0.05) is 17.7 Å². The molecule has 0 saturated carbocycles. The van der Waals surface area contributed by atoms with Crippen molar-refractivity contribution in [3.05, 3.63) is 48.0 Å². The van der Waals surface area contributed by atoms with Gasteiger partial charge in [0.15, 0.2) is 5.82 Å². The first-order valence-corrected chi connectivity index (χ1v) is 10.3. The summed E-state index contributed by atoms with van der Waals surface area (Å²) in [4.78, 5) is 0.233. The van der Waals surface area contributed by atoms with E-state index in [0.717, 1.165) is 17.4 Å². The normalized spacial score (nSPS) is 17.5. The Morgan fingerprint density at radius 2 is 2.14 bits per heavy atom. The van der Waals surface area contributed by atoms with Crippen molar-refractivity contribution in [1.82, 2.24) is 30.5 Å². The number of aromatic amines is 1. The predicted molar refractivity (Wildman–Crippen MR) is 94.8 cm³/mol. The average Bonchev–Trinajstić information content (AvgIpc) is 3.41. The number of H-pyrrole nitrogens is 1. The number of sulfonamides is 1. The highest BCUT2D eigenvalue weighted by Gasteiger charge is 2.36. The van der Waals surface area contributed by atoms with Crippen LogP contribution in [0.2, 0.25) is 0 Å². The first-order valence-electron chi connectivity index (χ1n) is 8.01. The lowest BCUT2D eigenvalue weighted by Gasteiger charge is -2.16. The molecule has 0 bridgehead atoms. The summed E-state index contributed by atoms with van der Waals surface area (Å²) in [6.45, 7) is 0. The van der Waals surface area contributed by atoms with Crippen molar-refractivity contribution in [3.8, 4) is 10.6 Å². The van der Waals surface area contributed by atoms with E-state index in [1.165, 1.54) is 12.1 Å². The number of nitrogens with one attached hydrogen (secondary N) is 2. The second-order valence-electron chi connectivity index (χ2n) is 5.93. The van der Waals surface area contributed by atoms with Gasteiger partial charge in [0.2, 0.25) is 5.76 Å². The van der Waals surface area contributed by atoms with Gasteiger partial charge in [-0.2, -0.15) is 13.2 Å². The Bertz CT molecular complexity index is 1180. The molecule has 3 heterocycles. The highest BCUT2D eigenvalue weighted by Crippen LogP contribution is 2.35. The molecule has 0 amide bonds. The maximum atomic E-state index is 12.7. The fourth-order valence-corrected chi connectivity index (χ4v) is 5.06. The number of thiophene rings is 1. The molecule has 1 unspecified atom stereocenters. The van der Waals surface area contributed by atoms with Crippen LogP contribution in [0.3, 0.4) is 0 Å². The molecule has 29 heavy (non-hydrogen) atoms. The van der Waals surface area contributed by atoms with Crippen LogP contribution in [-0.2, 0) is 16.2 Å². The van der Waals surface area contributed by atoms with Gasteiger partial charge in [-0.1, -0.05) is 23.4 Å². The molecule has 1 atom stereocenters. The van der Waals surface area contributed by atoms with Gasteiger partial charge < -0.3 is 4.52 Å². The third-order valence-corrected chi connectivity index (χ3v) is 6.97. The van der Waals surface area contributed by atoms with Crippen molar-refractivity contribution in [2.75, 3.05) is 0 Å². The van der Waals surface area contributed by atoms with Crippen molar-refractivity contribution >= 4 is 26.9 Å². The molecule has 14 heteroatoms. The summed E-state index contributed by atoms with van der Waals surface area (Å²) in [7, 11) is -3.91. The molecule has 152 valence electrons. The van der Waals surface area contributed by atoms with Gasteiger partial charge in [-0.3, -0.25) is 0 Å². The molecule has 0 fully saturated rings. The minimum atomic E-state index is -4.67. The van der Waals surface area contributed by atoms with E-state index in [4.69, 9.17) is 0 Å². The lowest BCUT2D eigenvalue weighted by molar-refractivity contribution is -0.155. The van der Waals surface area contributed by atoms with E-state index >= 15 is 0 Å². The Kier molecular flexibility index (Phi) is 4.84. The topological polar surface area (TPSA) is 127 Å². The Balaban J connectivity index is 1.53. The van der Waals surface area contributed by atoms with Crippen LogP contribution < -0.4 is 4.72 Å². The zero-order valence-electron chi connectivity index (χ0n) is 14.2. The van der Waals surface area contributed by atoms with Gasteiger partial charge in [-0.15, -0.1) is 16.4 Å². The molecule has 0 spiro atoms. The van der Waals surface area contributed by atoms with Gasteiger partial charge >= 0.3 is 6.18 Å². The van der Waals surface area contributed by atoms with Crippen molar-refractivity contribution in [1.29, 1.82) is 0 Å². The van der Waals surface area contributed by atoms with Crippen LogP contribution in [0.1, 0.15) is 18.0 Å². The minimum absolute atomic E-state index is 0.0603. The van der Waals surface area contributed by atoms with Gasteiger partial charge in [0.25, 0.3) is 10.0 Å². The largest absolute Gasteiger partial charge is 0.452 e. The molecule has 9 nitrogen and oxygen atoms in total. The van der Waals surface area contributed by atoms with Crippen molar-refractivity contribution < 1.29 is 26.1 Å². The average molecular weight is 444 g/mol. The van der Waals surface area contributed by atoms with E-state index in [1.54, 1.807) is 18.2 Å². The number of allylic oxidation sites excluding steroid dienone is 2. The van der Waals surface area contributed by atoms with Gasteiger partial charge in [0.05, 0.1) is 4.88 Å². The van der Waals surface area contributed by atoms with Crippen LogP contribution in [0.4, 0.5) is 13.2 Å². The van der Waals surface area contributed by atoms with Crippen molar-refractivity contribution in [2.45, 2.75) is 22.8 Å². The van der Waals surface area contributed by atoms with Gasteiger partial charge in [-0.25, -0.2) is 18.2 Å². The summed E-state index contributed by atoms with van der Waals surface area (Å²) in [5.74, 6) is -0.855. The van der Waals surface area contributed by atoms with Crippen LogP contribution in [0.25, 0.3) is 16.1 Å². The predicted octanol–water partition coefficient (Wildman–Crippen LogP) is 2.63. The molecule has 0 radical (unpaired) electrons. The van der Waals surface area contributed by atoms with E-state index in [9.17, 15) is 21.6 Å². The minimum Gasteiger partial charge on any atom is -0.351 e. The SMILES string of the molecule is O=S(=O)(NC1C=C(c2nnn[nH]2)C=CC1)c1ccc(-c2cc(C(F)(F)F)on2)s1. The number of alkyl halides is 3. The Hall–Kier alpha value is -2.84. The molecule has 0 aliphatic heterocycles. The van der Waals surface area contributed by atoms with E-state index in [1.807, 2.05) is 0 Å². The lowest BCUT2D eigenvalue weighted by Crippen LogP contribution is -2.33. The van der Waals surface area contributed by atoms with Crippen LogP contribution in [0.5, 0.6) is 0 Å². The second-order valence-corrected chi connectivity index (χ2v) is 8.96. The zero-order valence-corrected chi connectivity index (χ0v) is 15.8. The van der Waals surface area contributed by atoms with E-state index in [-0.39, 0.29) is 14.8 Å². The third kappa shape index (κ3) is 4.13. The first-order chi connectivity index (χ1) is 13.7. The summed E-state index contributed by atoms with van der Waals surface area (Å²) in [5.41, 5.74) is 0.535. The smallest absolute Gasteiger partial charge is 0.351 e. The summed E-state index contributed by atoms with van der Waals surface area (Å²) in [6, 6.07) is 2.86. The second kappa shape index (κ2) is 7.20. The summed E-state index contributed by atoms with van der Waals surface area (Å²) < 4.78 is 70.0. The molecule has 1 aliphatic carbocycles. The third-order valence-electron chi connectivity index (χ3n) is 3.88. The number of hydrogen-bond acceptors (Lipinski definition) is 8. The fourth-order valence-electron chi connectivity index (χ4n) is 2.59. The molecular weight excluding hydrogens is 433 g/mol. The standard InChI is InChI=1S/C15H11F3N6O3S2/c16-15(17,18)12-7-10(21-27-12)11-4-5-13(28-11)29(25,26)22-9-3-1-2-8(6-9)14-19-23-24-20-14/h1-2,4-7,9,22H,3H2,(H,19,20,23,24). The number of hydrogen-bond donors (Lipinski definition) is 2. The molecule has 0 aromatic carbocycles. The highest BCUT2D eigenvalue weighted by molar-refractivity contribution is 7.91. The Morgan fingerprint density at radius 3 is 2.83 bits per heavy atom. The van der Waals surface area contributed by atoms with E-state index in [2.05, 4.69) is 35.0 Å². The van der Waals surface area contributed by atoms with E-state index < -0.39 is 28.0 Å². The maximum Gasteiger partial charge on any atom is 0.452 e. The fraction of sp³-hybridized carbons (Fsp3) is 0.200. The summed E-state index contributed by atoms with van der Waals surface area (Å²) in [6.07, 6.45) is 0.955. The van der Waals surface area contributed by atoms with Crippen LogP contribution in [0.15, 0.2) is 45.2 Å². The molecule has 1 aliphatic rings. The number of aromatic nitrogens is 5. The molecule has 4 rings (SSSR count). The Morgan fingerprint density at radius 1 is 1.31 bits per heavy atom. The molecular formula is C15H11F3N6O3S2. The van der Waals surface area contributed by atoms with Crippen LogP contribution in [0, 0.1) is 0 Å². The molecule has 0 saturated heterocycles. The van der Waals surface area contributed by atoms with Crippen molar-refractivity contribution in [2.24, 2.45) is 0 Å². The zero-order chi connectivity index (χ0) is 20.6. The van der Waals surface area contributed by atoms with Gasteiger partial charge in [-0.05, 0) is 29.0 Å². The number of tetrazole rings is 1. The van der Waals surface area contributed by atoms with Gasteiger partial charge in [0.1, 0.15) is 9.90 Å². The highest BCUT2D eigenvalue weighted by atomic mass is 32.2. The first kappa shape index (κ1) is 19.5. The summed E-state index contributed by atoms with van der Waals surface area (Å²) in [5, 5.41) is 16.7. The van der Waals surface area contributed by atoms with Crippen molar-refractivity contribution in [3.63, 3.8) is 0 Å². The molecule has 2 N–H and O–H groups in total. The van der Waals surface area contributed by atoms with Crippen LogP contribution >= 0.6 is 11.3 Å². The molecule has 3 aromatic rings. The van der Waals surface area contributed by atoms with Crippen LogP contribution in [-0.4, -0.2) is 40.2 Å². The number of nitrogens with zero attached hydrogens (tertiary/aromatic N) is 4. The monoisotopic (exact) mass is 444 g/mol.